The molecule has 0 aliphatic heterocycles. The normalized spacial score (nSPS) is 14.3. The van der Waals surface area contributed by atoms with Crippen molar-refractivity contribution in [1.29, 1.82) is 0 Å². The summed E-state index contributed by atoms with van der Waals surface area (Å²) in [6.45, 7) is 5.90. The molecule has 2 heteroatoms. The van der Waals surface area contributed by atoms with E-state index in [4.69, 9.17) is 0 Å². The van der Waals surface area contributed by atoms with Gasteiger partial charge in [-0.15, -0.1) is 0 Å². The molecular formula is C11H19BrO. The molecule has 0 bridgehead atoms. The first-order valence-electron chi connectivity index (χ1n) is 4.91. The van der Waals surface area contributed by atoms with Crippen molar-refractivity contribution in [3.8, 4) is 0 Å². The summed E-state index contributed by atoms with van der Waals surface area (Å²) in [6, 6.07) is 0. The maximum Gasteiger partial charge on any atom is 0.130 e. The fraction of sp³-hybridized carbons (Fsp3) is 0.727. The van der Waals surface area contributed by atoms with Crippen LogP contribution in [-0.2, 0) is 4.79 Å². The van der Waals surface area contributed by atoms with Gasteiger partial charge in [0.2, 0.25) is 0 Å². The van der Waals surface area contributed by atoms with Gasteiger partial charge in [-0.2, -0.15) is 0 Å². The molecule has 0 saturated carbocycles. The number of carbonyl (C=O) groups is 1. The molecule has 13 heavy (non-hydrogen) atoms. The van der Waals surface area contributed by atoms with E-state index in [2.05, 4.69) is 35.9 Å². The first kappa shape index (κ1) is 12.9. The fourth-order valence-corrected chi connectivity index (χ4v) is 1.98. The van der Waals surface area contributed by atoms with Crippen LogP contribution < -0.4 is 0 Å². The highest BCUT2D eigenvalue weighted by molar-refractivity contribution is 9.11. The molecule has 1 atom stereocenters. The number of rotatable bonds is 6. The first-order valence-corrected chi connectivity index (χ1v) is 5.71. The van der Waals surface area contributed by atoms with Crippen molar-refractivity contribution in [2.75, 3.05) is 0 Å². The predicted molar refractivity (Wildman–Crippen MR) is 61.0 cm³/mol. The van der Waals surface area contributed by atoms with Gasteiger partial charge in [-0.1, -0.05) is 42.3 Å². The molecule has 0 saturated heterocycles. The molecule has 1 unspecified atom stereocenters. The smallest absolute Gasteiger partial charge is 0.130 e. The van der Waals surface area contributed by atoms with Gasteiger partial charge in [-0.05, 0) is 30.2 Å². The molecular weight excluding hydrogens is 228 g/mol. The Balaban J connectivity index is 3.83. The van der Waals surface area contributed by atoms with Gasteiger partial charge < -0.3 is 4.79 Å². The summed E-state index contributed by atoms with van der Waals surface area (Å²) in [6.07, 6.45) is 6.32. The van der Waals surface area contributed by atoms with Crippen molar-refractivity contribution in [3.05, 3.63) is 10.6 Å². The van der Waals surface area contributed by atoms with Gasteiger partial charge in [0.05, 0.1) is 0 Å². The summed E-state index contributed by atoms with van der Waals surface area (Å²) in [5.74, 6) is 0.628. The predicted octanol–water partition coefficient (Wildman–Crippen LogP) is 4.07. The van der Waals surface area contributed by atoms with Crippen LogP contribution >= 0.6 is 15.9 Å². The summed E-state index contributed by atoms with van der Waals surface area (Å²) in [5, 5.41) is 0. The largest absolute Gasteiger partial charge is 0.300 e. The quantitative estimate of drug-likeness (QED) is 0.691. The molecule has 0 radical (unpaired) electrons. The van der Waals surface area contributed by atoms with Gasteiger partial charge in [0.1, 0.15) is 5.78 Å². The Bertz CT molecular complexity index is 185. The number of halogens is 1. The highest BCUT2D eigenvalue weighted by atomic mass is 79.9. The minimum absolute atomic E-state index is 0.263. The van der Waals surface area contributed by atoms with E-state index in [9.17, 15) is 4.79 Å². The zero-order valence-corrected chi connectivity index (χ0v) is 10.4. The summed E-state index contributed by atoms with van der Waals surface area (Å²) in [7, 11) is 0. The average Bonchev–Trinajstić information content (AvgIpc) is 1.98. The Morgan fingerprint density at radius 1 is 1.54 bits per heavy atom. The Morgan fingerprint density at radius 3 is 2.62 bits per heavy atom. The van der Waals surface area contributed by atoms with Crippen LogP contribution in [0, 0.1) is 5.92 Å². The molecule has 0 N–H and O–H groups in total. The number of Topliss-reactive ketones (excluding diaryl/α,β-unsaturated/α-hetero) is 1. The van der Waals surface area contributed by atoms with Crippen LogP contribution in [0.15, 0.2) is 10.6 Å². The SMILES string of the molecule is CCCC/C(Br)=C/C(C)CC(C)=O. The number of carbonyl (C=O) groups excluding carboxylic acids is 1. The van der Waals surface area contributed by atoms with Gasteiger partial charge in [0.25, 0.3) is 0 Å². The Hall–Kier alpha value is -0.110. The van der Waals surface area contributed by atoms with Crippen molar-refractivity contribution >= 4 is 21.7 Å². The van der Waals surface area contributed by atoms with Gasteiger partial charge in [-0.3, -0.25) is 0 Å². The molecule has 0 aromatic rings. The third-order valence-corrected chi connectivity index (χ3v) is 2.50. The van der Waals surface area contributed by atoms with Crippen molar-refractivity contribution < 1.29 is 4.79 Å². The lowest BCUT2D eigenvalue weighted by Gasteiger charge is -2.04. The van der Waals surface area contributed by atoms with E-state index >= 15 is 0 Å². The molecule has 0 rings (SSSR count). The third-order valence-electron chi connectivity index (χ3n) is 1.84. The number of unbranched alkanes of at least 4 members (excludes halogenated alkanes) is 1. The maximum absolute atomic E-state index is 10.8. The summed E-state index contributed by atoms with van der Waals surface area (Å²) >= 11 is 3.52. The van der Waals surface area contributed by atoms with Crippen molar-refractivity contribution in [2.24, 2.45) is 5.92 Å². The van der Waals surface area contributed by atoms with E-state index in [1.165, 1.54) is 17.3 Å². The Labute approximate surface area is 89.7 Å². The van der Waals surface area contributed by atoms with E-state index < -0.39 is 0 Å². The van der Waals surface area contributed by atoms with E-state index in [0.29, 0.717) is 12.3 Å². The summed E-state index contributed by atoms with van der Waals surface area (Å²) in [4.78, 5) is 10.8. The van der Waals surface area contributed by atoms with Crippen LogP contribution in [0.25, 0.3) is 0 Å². The molecule has 0 aliphatic carbocycles. The number of ketones is 1. The standard InChI is InChI=1S/C11H19BrO/c1-4-5-6-11(12)8-9(2)7-10(3)13/h8-9H,4-7H2,1-3H3/b11-8-. The number of hydrogen-bond donors (Lipinski definition) is 0. The Morgan fingerprint density at radius 2 is 2.15 bits per heavy atom. The number of hydrogen-bond acceptors (Lipinski definition) is 1. The maximum atomic E-state index is 10.8. The van der Waals surface area contributed by atoms with E-state index in [1.807, 2.05) is 0 Å². The van der Waals surface area contributed by atoms with Gasteiger partial charge >= 0.3 is 0 Å². The van der Waals surface area contributed by atoms with Gasteiger partial charge in [0, 0.05) is 6.42 Å². The second-order valence-electron chi connectivity index (χ2n) is 3.60. The molecule has 0 heterocycles. The van der Waals surface area contributed by atoms with Crippen molar-refractivity contribution in [1.82, 2.24) is 0 Å². The van der Waals surface area contributed by atoms with Crippen LogP contribution in [0.2, 0.25) is 0 Å². The molecule has 0 aromatic heterocycles. The summed E-state index contributed by atoms with van der Waals surface area (Å²) in [5.41, 5.74) is 0. The van der Waals surface area contributed by atoms with E-state index in [0.717, 1.165) is 6.42 Å². The lowest BCUT2D eigenvalue weighted by atomic mass is 10.0. The summed E-state index contributed by atoms with van der Waals surface area (Å²) < 4.78 is 1.24. The first-order chi connectivity index (χ1) is 6.06. The fourth-order valence-electron chi connectivity index (χ4n) is 1.25. The highest BCUT2D eigenvalue weighted by Gasteiger charge is 2.02. The Kier molecular flexibility index (Phi) is 7.25. The number of allylic oxidation sites excluding steroid dienone is 2. The topological polar surface area (TPSA) is 17.1 Å². The van der Waals surface area contributed by atoms with Crippen LogP contribution in [0.3, 0.4) is 0 Å². The second kappa shape index (κ2) is 7.31. The molecule has 76 valence electrons. The van der Waals surface area contributed by atoms with Gasteiger partial charge in [0.15, 0.2) is 0 Å². The lowest BCUT2D eigenvalue weighted by Crippen LogP contribution is -1.98. The molecule has 1 nitrogen and oxygen atoms in total. The monoisotopic (exact) mass is 246 g/mol. The van der Waals surface area contributed by atoms with Crippen LogP contribution in [0.1, 0.15) is 46.5 Å². The molecule has 0 fully saturated rings. The van der Waals surface area contributed by atoms with Crippen LogP contribution in [0.4, 0.5) is 0 Å². The van der Waals surface area contributed by atoms with Crippen LogP contribution in [0.5, 0.6) is 0 Å². The third kappa shape index (κ3) is 8.23. The second-order valence-corrected chi connectivity index (χ2v) is 4.62. The van der Waals surface area contributed by atoms with Crippen molar-refractivity contribution in [3.63, 3.8) is 0 Å². The van der Waals surface area contributed by atoms with E-state index in [1.54, 1.807) is 6.92 Å². The van der Waals surface area contributed by atoms with Crippen LogP contribution in [-0.4, -0.2) is 5.78 Å². The lowest BCUT2D eigenvalue weighted by molar-refractivity contribution is -0.117. The molecule has 0 spiro atoms. The minimum atomic E-state index is 0.263. The van der Waals surface area contributed by atoms with E-state index in [-0.39, 0.29) is 5.78 Å². The average molecular weight is 247 g/mol. The van der Waals surface area contributed by atoms with Crippen molar-refractivity contribution in [2.45, 2.75) is 46.5 Å². The highest BCUT2D eigenvalue weighted by Crippen LogP contribution is 2.18. The zero-order valence-electron chi connectivity index (χ0n) is 8.77. The minimum Gasteiger partial charge on any atom is -0.300 e. The molecule has 0 amide bonds. The zero-order chi connectivity index (χ0) is 10.3. The molecule has 0 aromatic carbocycles. The van der Waals surface area contributed by atoms with Gasteiger partial charge in [-0.25, -0.2) is 0 Å². The molecule has 0 aliphatic rings.